The van der Waals surface area contributed by atoms with Crippen LogP contribution in [0.4, 0.5) is 0 Å². The summed E-state index contributed by atoms with van der Waals surface area (Å²) in [6.07, 6.45) is 1.05. The Kier molecular flexibility index (Phi) is 241. The number of hydrogen-bond donors (Lipinski definition) is 1. The van der Waals surface area contributed by atoms with Crippen LogP contribution in [0.5, 0.6) is 0 Å². The molecule has 0 atom stereocenters. The van der Waals surface area contributed by atoms with Gasteiger partial charge in [-0.3, -0.25) is 0 Å². The molecule has 0 bridgehead atoms. The summed E-state index contributed by atoms with van der Waals surface area (Å²) < 4.78 is 4.33. The summed E-state index contributed by atoms with van der Waals surface area (Å²) in [5, 5.41) is 8.10. The molecule has 1 N–H and O–H groups in total. The molecule has 0 heterocycles. The van der Waals surface area contributed by atoms with E-state index in [1.165, 1.54) is 0 Å². The highest BCUT2D eigenvalue weighted by Gasteiger charge is 1.90. The Labute approximate surface area is 113 Å². The molecule has 0 unspecified atom stereocenters. The van der Waals surface area contributed by atoms with Gasteiger partial charge < -0.3 is 9.84 Å². The van der Waals surface area contributed by atoms with E-state index in [4.69, 9.17) is 5.11 Å². The third-order valence-electron chi connectivity index (χ3n) is 0.502. The molecule has 0 aliphatic rings. The van der Waals surface area contributed by atoms with E-state index in [2.05, 4.69) is 77.1 Å². The topological polar surface area (TPSA) is 46.5 Å². The zero-order valence-corrected chi connectivity index (χ0v) is 11.5. The summed E-state index contributed by atoms with van der Waals surface area (Å²) >= 11 is 0. The molecule has 3 nitrogen and oxygen atoms in total. The lowest BCUT2D eigenvalue weighted by Gasteiger charge is -1.94. The van der Waals surface area contributed by atoms with Crippen molar-refractivity contribution in [2.75, 3.05) is 13.2 Å². The Morgan fingerprint density at radius 1 is 0.889 bits per heavy atom. The molecular formula is C15H28O3. The van der Waals surface area contributed by atoms with Crippen molar-refractivity contribution in [1.82, 2.24) is 0 Å². The minimum absolute atomic E-state index is 0.0465. The van der Waals surface area contributed by atoms with E-state index in [0.717, 1.165) is 6.08 Å². The second-order valence-electron chi connectivity index (χ2n) is 1.10. The molecule has 0 spiro atoms. The van der Waals surface area contributed by atoms with E-state index in [1.807, 2.05) is 0 Å². The molecule has 0 radical (unpaired) electrons. The van der Waals surface area contributed by atoms with Crippen molar-refractivity contribution >= 4 is 5.97 Å². The first kappa shape index (κ1) is 36.0. The number of esters is 1. The molecule has 106 valence electrons. The Morgan fingerprint density at radius 2 is 1.17 bits per heavy atom. The molecule has 0 amide bonds. The highest BCUT2D eigenvalue weighted by Crippen LogP contribution is 1.75. The lowest BCUT2D eigenvalue weighted by Crippen LogP contribution is -2.04. The smallest absolute Gasteiger partial charge is 0.330 e. The summed E-state index contributed by atoms with van der Waals surface area (Å²) in [7, 11) is 0. The maximum atomic E-state index is 10.1. The van der Waals surface area contributed by atoms with Crippen LogP contribution in [-0.4, -0.2) is 24.3 Å². The van der Waals surface area contributed by atoms with Gasteiger partial charge in [-0.2, -0.15) is 0 Å². The number of carbonyl (C=O) groups excluding carboxylic acids is 1. The largest absolute Gasteiger partial charge is 0.460 e. The molecular weight excluding hydrogens is 228 g/mol. The van der Waals surface area contributed by atoms with Crippen molar-refractivity contribution in [2.45, 2.75) is 0 Å². The summed E-state index contributed by atoms with van der Waals surface area (Å²) in [6.45, 7) is 33.1. The van der Waals surface area contributed by atoms with Gasteiger partial charge in [0.2, 0.25) is 0 Å². The fraction of sp³-hybridized carbons (Fsp3) is 0.133. The van der Waals surface area contributed by atoms with Crippen LogP contribution in [0.15, 0.2) is 78.4 Å². The molecule has 0 saturated carbocycles. The summed E-state index contributed by atoms with van der Waals surface area (Å²) in [5.74, 6) is -0.501. The zero-order valence-electron chi connectivity index (χ0n) is 11.5. The second kappa shape index (κ2) is 121. The molecule has 3 heteroatoms. The van der Waals surface area contributed by atoms with Gasteiger partial charge in [-0.05, 0) is 0 Å². The Morgan fingerprint density at radius 3 is 1.33 bits per heavy atom. The zero-order chi connectivity index (χ0) is 16.4. The fourth-order valence-corrected chi connectivity index (χ4v) is 0.205. The van der Waals surface area contributed by atoms with Crippen LogP contribution in [-0.2, 0) is 9.53 Å². The number of rotatable bonds is 3. The monoisotopic (exact) mass is 256 g/mol. The standard InChI is InChI=1S/C5H8O3.5C2H4/c1-2-5(7)8-4-3-6;5*1-2/h2,6H,1,3-4H2;5*1-2H2. The molecule has 0 fully saturated rings. The van der Waals surface area contributed by atoms with Gasteiger partial charge in [0.05, 0.1) is 6.61 Å². The van der Waals surface area contributed by atoms with Crippen molar-refractivity contribution in [1.29, 1.82) is 0 Å². The van der Waals surface area contributed by atoms with E-state index in [0.29, 0.717) is 0 Å². The van der Waals surface area contributed by atoms with Crippen molar-refractivity contribution in [3.8, 4) is 0 Å². The van der Waals surface area contributed by atoms with Crippen LogP contribution in [0.1, 0.15) is 0 Å². The van der Waals surface area contributed by atoms with Crippen LogP contribution < -0.4 is 0 Å². The van der Waals surface area contributed by atoms with Gasteiger partial charge in [0.1, 0.15) is 6.61 Å². The van der Waals surface area contributed by atoms with Crippen molar-refractivity contribution in [3.05, 3.63) is 78.4 Å². The van der Waals surface area contributed by atoms with Gasteiger partial charge in [0.25, 0.3) is 0 Å². The third-order valence-corrected chi connectivity index (χ3v) is 0.502. The predicted octanol–water partition coefficient (Wildman–Crippen LogP) is 3.72. The van der Waals surface area contributed by atoms with Crippen LogP contribution in [0.25, 0.3) is 0 Å². The minimum Gasteiger partial charge on any atom is -0.460 e. The molecule has 0 aromatic heterocycles. The van der Waals surface area contributed by atoms with E-state index >= 15 is 0 Å². The summed E-state index contributed by atoms with van der Waals surface area (Å²) in [6, 6.07) is 0. The number of hydrogen-bond acceptors (Lipinski definition) is 3. The Balaban J connectivity index is -0.0000000304. The highest BCUT2D eigenvalue weighted by atomic mass is 16.5. The van der Waals surface area contributed by atoms with E-state index in [9.17, 15) is 4.79 Å². The fourth-order valence-electron chi connectivity index (χ4n) is 0.205. The summed E-state index contributed by atoms with van der Waals surface area (Å²) in [5.41, 5.74) is 0. The molecule has 0 rings (SSSR count). The quantitative estimate of drug-likeness (QED) is 0.475. The van der Waals surface area contributed by atoms with Crippen LogP contribution in [0.3, 0.4) is 0 Å². The maximum Gasteiger partial charge on any atom is 0.330 e. The SMILES string of the molecule is C=C.C=C.C=C.C=C.C=C.C=CC(=O)OCCO. The van der Waals surface area contributed by atoms with Gasteiger partial charge in [0.15, 0.2) is 0 Å². The minimum atomic E-state index is -0.501. The van der Waals surface area contributed by atoms with E-state index < -0.39 is 5.97 Å². The second-order valence-corrected chi connectivity index (χ2v) is 1.10. The van der Waals surface area contributed by atoms with E-state index in [-0.39, 0.29) is 13.2 Å². The normalized spacial score (nSPS) is 4.72. The van der Waals surface area contributed by atoms with Crippen LogP contribution in [0.2, 0.25) is 0 Å². The first-order chi connectivity index (χ1) is 8.81. The third kappa shape index (κ3) is 153. The molecule has 18 heavy (non-hydrogen) atoms. The number of carbonyl (C=O) groups is 1. The number of aliphatic hydroxyl groups excluding tert-OH is 1. The van der Waals surface area contributed by atoms with Gasteiger partial charge in [-0.25, -0.2) is 4.79 Å². The molecule has 0 aliphatic heterocycles. The predicted molar refractivity (Wildman–Crippen MR) is 84.5 cm³/mol. The first-order valence-corrected chi connectivity index (χ1v) is 4.71. The van der Waals surface area contributed by atoms with Crippen LogP contribution >= 0.6 is 0 Å². The molecule has 0 aromatic carbocycles. The van der Waals surface area contributed by atoms with Crippen LogP contribution in [0, 0.1) is 0 Å². The first-order valence-electron chi connectivity index (χ1n) is 4.71. The van der Waals surface area contributed by atoms with Crippen molar-refractivity contribution in [2.24, 2.45) is 0 Å². The van der Waals surface area contributed by atoms with Gasteiger partial charge in [-0.1, -0.05) is 6.58 Å². The van der Waals surface area contributed by atoms with Gasteiger partial charge >= 0.3 is 5.97 Å². The Hall–Kier alpha value is -2.13. The van der Waals surface area contributed by atoms with Crippen molar-refractivity contribution < 1.29 is 14.6 Å². The van der Waals surface area contributed by atoms with Crippen molar-refractivity contribution in [3.63, 3.8) is 0 Å². The average Bonchev–Trinajstić information content (AvgIpc) is 2.54. The van der Waals surface area contributed by atoms with Gasteiger partial charge in [-0.15, -0.1) is 65.8 Å². The number of ether oxygens (including phenoxy) is 1. The molecule has 0 saturated heterocycles. The van der Waals surface area contributed by atoms with E-state index in [1.54, 1.807) is 0 Å². The number of aliphatic hydroxyl groups is 1. The molecule has 0 aliphatic carbocycles. The maximum absolute atomic E-state index is 10.1. The highest BCUT2D eigenvalue weighted by molar-refractivity contribution is 5.81. The lowest BCUT2D eigenvalue weighted by molar-refractivity contribution is -0.138. The summed E-state index contributed by atoms with van der Waals surface area (Å²) in [4.78, 5) is 10.1. The Bertz CT molecular complexity index is 133. The lowest BCUT2D eigenvalue weighted by atomic mass is 10.6. The molecule has 0 aromatic rings. The van der Waals surface area contributed by atoms with Gasteiger partial charge in [0, 0.05) is 6.08 Å². The average molecular weight is 256 g/mol.